The van der Waals surface area contributed by atoms with Gasteiger partial charge in [0, 0.05) is 16.5 Å². The summed E-state index contributed by atoms with van der Waals surface area (Å²) in [5.74, 6) is 0.922. The Bertz CT molecular complexity index is 1190. The lowest BCUT2D eigenvalue weighted by atomic mass is 10.0. The van der Waals surface area contributed by atoms with E-state index in [9.17, 15) is 4.79 Å². The maximum absolute atomic E-state index is 12.5. The molecule has 0 saturated carbocycles. The number of hydrogen-bond donors (Lipinski definition) is 0. The molecule has 4 rings (SSSR count). The van der Waals surface area contributed by atoms with E-state index in [2.05, 4.69) is 10.2 Å². The number of benzene rings is 2. The SMILES string of the molecule is COc1ccc(-c2nnc([C@H](C)OC(=O)Cc3coc4c(C)c(C)ccc34)o2)cc1. The summed E-state index contributed by atoms with van der Waals surface area (Å²) < 4.78 is 22.0. The molecule has 0 saturated heterocycles. The highest BCUT2D eigenvalue weighted by Crippen LogP contribution is 2.28. The van der Waals surface area contributed by atoms with E-state index in [-0.39, 0.29) is 12.3 Å². The Kier molecular flexibility index (Phi) is 5.27. The lowest BCUT2D eigenvalue weighted by Gasteiger charge is -2.09. The van der Waals surface area contributed by atoms with E-state index in [0.29, 0.717) is 5.89 Å². The first-order chi connectivity index (χ1) is 14.5. The predicted molar refractivity (Wildman–Crippen MR) is 110 cm³/mol. The summed E-state index contributed by atoms with van der Waals surface area (Å²) in [6.45, 7) is 5.73. The third kappa shape index (κ3) is 3.78. The summed E-state index contributed by atoms with van der Waals surface area (Å²) in [6.07, 6.45) is 1.04. The first-order valence-corrected chi connectivity index (χ1v) is 9.60. The summed E-state index contributed by atoms with van der Waals surface area (Å²) in [4.78, 5) is 12.5. The highest BCUT2D eigenvalue weighted by atomic mass is 16.6. The van der Waals surface area contributed by atoms with E-state index in [4.69, 9.17) is 18.3 Å². The van der Waals surface area contributed by atoms with E-state index in [0.717, 1.165) is 39.0 Å². The predicted octanol–water partition coefficient (Wildman–Crippen LogP) is 4.96. The number of carbonyl (C=O) groups excluding carboxylic acids is 1. The fourth-order valence-electron chi connectivity index (χ4n) is 3.22. The van der Waals surface area contributed by atoms with Crippen LogP contribution in [0.3, 0.4) is 0 Å². The van der Waals surface area contributed by atoms with Gasteiger partial charge in [-0.3, -0.25) is 4.79 Å². The third-order valence-corrected chi connectivity index (χ3v) is 5.11. The van der Waals surface area contributed by atoms with E-state index >= 15 is 0 Å². The van der Waals surface area contributed by atoms with Gasteiger partial charge in [-0.25, -0.2) is 0 Å². The number of esters is 1. The Morgan fingerprint density at radius 2 is 1.87 bits per heavy atom. The van der Waals surface area contributed by atoms with Gasteiger partial charge in [0.1, 0.15) is 11.3 Å². The van der Waals surface area contributed by atoms with Crippen LogP contribution in [0.15, 0.2) is 51.5 Å². The van der Waals surface area contributed by atoms with Crippen LogP contribution in [0.4, 0.5) is 0 Å². The lowest BCUT2D eigenvalue weighted by Crippen LogP contribution is -2.11. The first kappa shape index (κ1) is 19.7. The molecule has 2 heterocycles. The second kappa shape index (κ2) is 8.02. The summed E-state index contributed by atoms with van der Waals surface area (Å²) in [6, 6.07) is 11.2. The number of carbonyl (C=O) groups is 1. The number of ether oxygens (including phenoxy) is 2. The van der Waals surface area contributed by atoms with Gasteiger partial charge in [0.2, 0.25) is 5.89 Å². The van der Waals surface area contributed by atoms with Crippen molar-refractivity contribution in [1.29, 1.82) is 0 Å². The zero-order valence-electron chi connectivity index (χ0n) is 17.3. The second-order valence-corrected chi connectivity index (χ2v) is 7.13. The normalized spacial score (nSPS) is 12.1. The number of hydrogen-bond acceptors (Lipinski definition) is 7. The minimum absolute atomic E-state index is 0.0965. The molecular formula is C23H22N2O5. The van der Waals surface area contributed by atoms with Crippen LogP contribution in [-0.2, 0) is 16.0 Å². The van der Waals surface area contributed by atoms with Crippen LogP contribution in [0.1, 0.15) is 35.6 Å². The molecule has 0 aliphatic heterocycles. The molecule has 30 heavy (non-hydrogen) atoms. The van der Waals surface area contributed by atoms with Gasteiger partial charge in [-0.15, -0.1) is 10.2 Å². The van der Waals surface area contributed by atoms with Crippen molar-refractivity contribution in [2.75, 3.05) is 7.11 Å². The number of methoxy groups -OCH3 is 1. The van der Waals surface area contributed by atoms with Crippen molar-refractivity contribution in [3.05, 3.63) is 65.2 Å². The Hall–Kier alpha value is -3.61. The largest absolute Gasteiger partial charge is 0.497 e. The standard InChI is InChI=1S/C23H22N2O5/c1-13-5-10-19-17(12-28-21(19)14(13)2)11-20(26)29-15(3)22-24-25-23(30-22)16-6-8-18(27-4)9-7-16/h5-10,12,15H,11H2,1-4H3/t15-/m0/s1. The Balaban J connectivity index is 1.44. The fourth-order valence-corrected chi connectivity index (χ4v) is 3.22. The van der Waals surface area contributed by atoms with Crippen molar-refractivity contribution in [1.82, 2.24) is 10.2 Å². The monoisotopic (exact) mass is 406 g/mol. The third-order valence-electron chi connectivity index (χ3n) is 5.11. The highest BCUT2D eigenvalue weighted by molar-refractivity contribution is 5.88. The number of aromatic nitrogens is 2. The van der Waals surface area contributed by atoms with Crippen molar-refractivity contribution in [3.8, 4) is 17.2 Å². The number of fused-ring (bicyclic) bond motifs is 1. The molecule has 0 aliphatic carbocycles. The van der Waals surface area contributed by atoms with Gasteiger partial charge < -0.3 is 18.3 Å². The molecule has 2 aromatic carbocycles. The van der Waals surface area contributed by atoms with Gasteiger partial charge >= 0.3 is 5.97 Å². The quantitative estimate of drug-likeness (QED) is 0.418. The molecule has 0 N–H and O–H groups in total. The molecule has 0 aliphatic rings. The average molecular weight is 406 g/mol. The lowest BCUT2D eigenvalue weighted by molar-refractivity contribution is -0.148. The minimum atomic E-state index is -0.667. The van der Waals surface area contributed by atoms with Crippen molar-refractivity contribution in [2.45, 2.75) is 33.3 Å². The molecular weight excluding hydrogens is 384 g/mol. The smallest absolute Gasteiger partial charge is 0.311 e. The topological polar surface area (TPSA) is 87.6 Å². The van der Waals surface area contributed by atoms with E-state index in [1.54, 1.807) is 32.4 Å². The van der Waals surface area contributed by atoms with Crippen LogP contribution >= 0.6 is 0 Å². The van der Waals surface area contributed by atoms with Crippen molar-refractivity contribution >= 4 is 16.9 Å². The number of aryl methyl sites for hydroxylation is 2. The molecule has 0 spiro atoms. The van der Waals surface area contributed by atoms with Crippen molar-refractivity contribution < 1.29 is 23.1 Å². The summed E-state index contributed by atoms with van der Waals surface area (Å²) in [7, 11) is 1.60. The minimum Gasteiger partial charge on any atom is -0.497 e. The zero-order valence-corrected chi connectivity index (χ0v) is 17.3. The molecule has 7 heteroatoms. The number of rotatable bonds is 6. The fraction of sp³-hybridized carbons (Fsp3) is 0.261. The average Bonchev–Trinajstić information content (AvgIpc) is 3.39. The maximum Gasteiger partial charge on any atom is 0.311 e. The van der Waals surface area contributed by atoms with Gasteiger partial charge in [0.05, 0.1) is 19.8 Å². The Morgan fingerprint density at radius 1 is 1.10 bits per heavy atom. The van der Waals surface area contributed by atoms with Crippen LogP contribution in [0.25, 0.3) is 22.4 Å². The summed E-state index contributed by atoms with van der Waals surface area (Å²) in [5.41, 5.74) is 4.55. The molecule has 0 radical (unpaired) electrons. The molecule has 0 bridgehead atoms. The van der Waals surface area contributed by atoms with E-state index in [1.165, 1.54) is 0 Å². The Labute approximate surface area is 173 Å². The van der Waals surface area contributed by atoms with Crippen LogP contribution in [0, 0.1) is 13.8 Å². The first-order valence-electron chi connectivity index (χ1n) is 9.60. The van der Waals surface area contributed by atoms with Gasteiger partial charge in [0.25, 0.3) is 5.89 Å². The number of nitrogens with zero attached hydrogens (tertiary/aromatic N) is 2. The van der Waals surface area contributed by atoms with Gasteiger partial charge in [0.15, 0.2) is 6.10 Å². The van der Waals surface area contributed by atoms with Crippen LogP contribution in [0.5, 0.6) is 5.75 Å². The highest BCUT2D eigenvalue weighted by Gasteiger charge is 2.21. The van der Waals surface area contributed by atoms with Gasteiger partial charge in [-0.2, -0.15) is 0 Å². The van der Waals surface area contributed by atoms with Crippen LogP contribution in [-0.4, -0.2) is 23.3 Å². The number of furan rings is 1. The molecule has 0 unspecified atom stereocenters. The molecule has 2 aromatic heterocycles. The van der Waals surface area contributed by atoms with Crippen molar-refractivity contribution in [2.24, 2.45) is 0 Å². The summed E-state index contributed by atoms with van der Waals surface area (Å²) in [5, 5.41) is 8.97. The van der Waals surface area contributed by atoms with Crippen LogP contribution in [0.2, 0.25) is 0 Å². The van der Waals surface area contributed by atoms with Crippen LogP contribution < -0.4 is 4.74 Å². The zero-order chi connectivity index (χ0) is 21.3. The second-order valence-electron chi connectivity index (χ2n) is 7.13. The molecule has 0 fully saturated rings. The summed E-state index contributed by atoms with van der Waals surface area (Å²) >= 11 is 0. The maximum atomic E-state index is 12.5. The van der Waals surface area contributed by atoms with E-state index < -0.39 is 12.1 Å². The van der Waals surface area contributed by atoms with Gasteiger partial charge in [-0.1, -0.05) is 12.1 Å². The molecule has 4 aromatic rings. The Morgan fingerprint density at radius 3 is 2.60 bits per heavy atom. The molecule has 0 amide bonds. The van der Waals surface area contributed by atoms with Gasteiger partial charge in [-0.05, 0) is 56.2 Å². The molecule has 154 valence electrons. The molecule has 1 atom stereocenters. The van der Waals surface area contributed by atoms with Crippen molar-refractivity contribution in [3.63, 3.8) is 0 Å². The molecule has 7 nitrogen and oxygen atoms in total. The van der Waals surface area contributed by atoms with E-state index in [1.807, 2.05) is 38.1 Å².